The highest BCUT2D eigenvalue weighted by molar-refractivity contribution is 5.90. The lowest BCUT2D eigenvalue weighted by Gasteiger charge is -2.34. The van der Waals surface area contributed by atoms with E-state index in [9.17, 15) is 9.18 Å². The molecule has 0 aliphatic heterocycles. The van der Waals surface area contributed by atoms with Crippen LogP contribution in [-0.2, 0) is 9.53 Å². The molecule has 0 fully saturated rings. The Bertz CT molecular complexity index is 1740. The predicted molar refractivity (Wildman–Crippen MR) is 150 cm³/mol. The molecule has 5 aromatic heterocycles. The lowest BCUT2D eigenvalue weighted by Crippen LogP contribution is -2.49. The molecule has 41 heavy (non-hydrogen) atoms. The number of H-pyrrole nitrogens is 2. The number of fused-ring (bicyclic) bond motifs is 1. The van der Waals surface area contributed by atoms with Crippen LogP contribution in [-0.4, -0.2) is 58.5 Å². The zero-order valence-corrected chi connectivity index (χ0v) is 22.8. The number of methoxy groups -OCH3 is 1. The summed E-state index contributed by atoms with van der Waals surface area (Å²) >= 11 is 0. The fourth-order valence-electron chi connectivity index (χ4n) is 4.93. The number of amides is 1. The van der Waals surface area contributed by atoms with Crippen molar-refractivity contribution in [2.75, 3.05) is 12.4 Å². The number of allylic oxidation sites excluding steroid dienone is 1. The van der Waals surface area contributed by atoms with Gasteiger partial charge in [-0.05, 0) is 50.0 Å². The first-order chi connectivity index (χ1) is 19.8. The predicted octanol–water partition coefficient (Wildman–Crippen LogP) is 4.28. The summed E-state index contributed by atoms with van der Waals surface area (Å²) in [4.78, 5) is 30.5. The number of carbonyl (C=O) groups is 1. The molecule has 0 spiro atoms. The molecular formula is C28H29FN10O2. The van der Waals surface area contributed by atoms with E-state index in [0.29, 0.717) is 48.2 Å². The number of rotatable bonds is 8. The third-order valence-corrected chi connectivity index (χ3v) is 7.34. The first-order valence-corrected chi connectivity index (χ1v) is 13.2. The van der Waals surface area contributed by atoms with Gasteiger partial charge in [-0.25, -0.2) is 24.0 Å². The van der Waals surface area contributed by atoms with E-state index < -0.39 is 11.4 Å². The Kier molecular flexibility index (Phi) is 6.79. The number of nitrogens with one attached hydrogen (secondary N) is 4. The quantitative estimate of drug-likeness (QED) is 0.221. The number of aryl methyl sites for hydroxylation is 1. The minimum absolute atomic E-state index is 0.210. The van der Waals surface area contributed by atoms with Gasteiger partial charge in [0.2, 0.25) is 0 Å². The van der Waals surface area contributed by atoms with Gasteiger partial charge in [-0.2, -0.15) is 10.2 Å². The van der Waals surface area contributed by atoms with Crippen molar-refractivity contribution in [3.8, 4) is 5.82 Å². The van der Waals surface area contributed by atoms with Gasteiger partial charge in [-0.1, -0.05) is 12.1 Å². The highest BCUT2D eigenvalue weighted by Gasteiger charge is 2.40. The van der Waals surface area contributed by atoms with Gasteiger partial charge < -0.3 is 20.4 Å². The molecule has 5 heterocycles. The summed E-state index contributed by atoms with van der Waals surface area (Å²) in [6.07, 6.45) is 9.19. The molecule has 0 saturated heterocycles. The van der Waals surface area contributed by atoms with Crippen LogP contribution in [0.4, 0.5) is 16.0 Å². The average molecular weight is 557 g/mol. The summed E-state index contributed by atoms with van der Waals surface area (Å²) in [6.45, 7) is 3.81. The minimum atomic E-state index is -1.03. The van der Waals surface area contributed by atoms with Crippen LogP contribution in [0.25, 0.3) is 22.4 Å². The van der Waals surface area contributed by atoms with E-state index in [1.54, 1.807) is 19.4 Å². The molecule has 2 atom stereocenters. The summed E-state index contributed by atoms with van der Waals surface area (Å²) in [6, 6.07) is 7.04. The molecule has 6 rings (SSSR count). The summed E-state index contributed by atoms with van der Waals surface area (Å²) < 4.78 is 20.5. The highest BCUT2D eigenvalue weighted by Crippen LogP contribution is 2.36. The number of halogens is 1. The molecule has 1 amide bonds. The largest absolute Gasteiger partial charge is 0.368 e. The van der Waals surface area contributed by atoms with E-state index in [1.165, 1.54) is 10.9 Å². The first-order valence-electron chi connectivity index (χ1n) is 13.2. The number of aromatic nitrogens is 8. The van der Waals surface area contributed by atoms with Crippen molar-refractivity contribution in [3.63, 3.8) is 0 Å². The smallest absolute Gasteiger partial charge is 0.253 e. The molecule has 5 aromatic rings. The van der Waals surface area contributed by atoms with Crippen LogP contribution in [0.2, 0.25) is 0 Å². The number of hydrogen-bond donors (Lipinski definition) is 4. The highest BCUT2D eigenvalue weighted by atomic mass is 19.1. The summed E-state index contributed by atoms with van der Waals surface area (Å²) in [7, 11) is 1.55. The van der Waals surface area contributed by atoms with Crippen LogP contribution in [0.3, 0.4) is 0 Å². The second-order valence-corrected chi connectivity index (χ2v) is 10.1. The zero-order chi connectivity index (χ0) is 28.6. The number of carbonyl (C=O) groups excluding carboxylic acids is 1. The van der Waals surface area contributed by atoms with Crippen LogP contribution in [0.15, 0.2) is 55.1 Å². The topological polar surface area (TPSA) is 151 Å². The second-order valence-electron chi connectivity index (χ2n) is 10.1. The van der Waals surface area contributed by atoms with E-state index in [0.717, 1.165) is 28.4 Å². The van der Waals surface area contributed by atoms with Gasteiger partial charge in [0.1, 0.15) is 17.1 Å². The number of pyridine rings is 1. The third kappa shape index (κ3) is 5.18. The van der Waals surface area contributed by atoms with Crippen molar-refractivity contribution in [1.29, 1.82) is 0 Å². The molecule has 0 saturated carbocycles. The van der Waals surface area contributed by atoms with Gasteiger partial charge in [0, 0.05) is 37.7 Å². The Morgan fingerprint density at radius 3 is 2.78 bits per heavy atom. The Hall–Kier alpha value is -4.91. The number of hydrogen-bond acceptors (Lipinski definition) is 8. The number of aromatic amines is 2. The van der Waals surface area contributed by atoms with Gasteiger partial charge in [0.25, 0.3) is 5.91 Å². The Morgan fingerprint density at radius 1 is 1.24 bits per heavy atom. The Morgan fingerprint density at radius 2 is 2.12 bits per heavy atom. The molecule has 1 unspecified atom stereocenters. The van der Waals surface area contributed by atoms with E-state index >= 15 is 0 Å². The molecule has 13 heteroatoms. The molecule has 0 radical (unpaired) electrons. The van der Waals surface area contributed by atoms with Crippen molar-refractivity contribution in [3.05, 3.63) is 78.0 Å². The number of nitrogens with zero attached hydrogens (tertiary/aromatic N) is 6. The van der Waals surface area contributed by atoms with Crippen LogP contribution in [0, 0.1) is 12.7 Å². The molecular weight excluding hydrogens is 527 g/mol. The van der Waals surface area contributed by atoms with E-state index in [-0.39, 0.29) is 11.9 Å². The van der Waals surface area contributed by atoms with Crippen LogP contribution < -0.4 is 10.6 Å². The number of anilines is 2. The number of ether oxygens (including phenoxy) is 1. The lowest BCUT2D eigenvalue weighted by atomic mass is 9.84. The molecule has 0 aromatic carbocycles. The van der Waals surface area contributed by atoms with Gasteiger partial charge in [0.15, 0.2) is 23.3 Å². The van der Waals surface area contributed by atoms with E-state index in [4.69, 9.17) is 14.7 Å². The molecule has 4 N–H and O–H groups in total. The first kappa shape index (κ1) is 26.3. The molecule has 1 aliphatic carbocycles. The molecule has 0 bridgehead atoms. The van der Waals surface area contributed by atoms with E-state index in [2.05, 4.69) is 35.9 Å². The van der Waals surface area contributed by atoms with Crippen molar-refractivity contribution in [2.45, 2.75) is 44.8 Å². The van der Waals surface area contributed by atoms with Gasteiger partial charge in [-0.3, -0.25) is 9.89 Å². The Balaban J connectivity index is 1.17. The van der Waals surface area contributed by atoms with Gasteiger partial charge >= 0.3 is 0 Å². The summed E-state index contributed by atoms with van der Waals surface area (Å²) in [5, 5.41) is 18.3. The van der Waals surface area contributed by atoms with Gasteiger partial charge in [-0.15, -0.1) is 0 Å². The fourth-order valence-corrected chi connectivity index (χ4v) is 4.93. The van der Waals surface area contributed by atoms with Crippen molar-refractivity contribution >= 4 is 34.1 Å². The minimum Gasteiger partial charge on any atom is -0.368 e. The van der Waals surface area contributed by atoms with Crippen molar-refractivity contribution in [1.82, 2.24) is 45.2 Å². The van der Waals surface area contributed by atoms with E-state index in [1.807, 2.05) is 44.3 Å². The zero-order valence-electron chi connectivity index (χ0n) is 22.8. The summed E-state index contributed by atoms with van der Waals surface area (Å²) in [5.74, 6) is 1.72. The SMILES string of the molecule is COC1(C(=O)N[C@@H](C)c2ccc(-n3cc(F)cn3)nc2)CC=C(c2nc(Nc3cc(C)[nH]n3)c3cc[nH]c3n2)CC1. The molecule has 210 valence electrons. The second kappa shape index (κ2) is 10.6. The van der Waals surface area contributed by atoms with Crippen LogP contribution in [0.5, 0.6) is 0 Å². The standard InChI is InChI=1S/C28H29FN10O2/c1-16-12-22(38-37-16)34-26-21-8-11-30-25(21)35-24(36-26)18-6-9-28(41-3,10-7-18)27(40)33-17(2)19-4-5-23(31-13-19)39-15-20(29)14-32-39/h4-6,8,11-15,17H,7,9-10H2,1-3H3,(H,33,40)(H3,30,34,35,36,37,38)/t17-,28?/m0/s1. The lowest BCUT2D eigenvalue weighted by molar-refractivity contribution is -0.145. The maximum absolute atomic E-state index is 13.5. The molecule has 12 nitrogen and oxygen atoms in total. The third-order valence-electron chi connectivity index (χ3n) is 7.34. The van der Waals surface area contributed by atoms with Crippen molar-refractivity contribution in [2.24, 2.45) is 0 Å². The normalized spacial score (nSPS) is 17.8. The van der Waals surface area contributed by atoms with Crippen molar-refractivity contribution < 1.29 is 13.9 Å². The maximum atomic E-state index is 13.5. The fraction of sp³-hybridized carbons (Fsp3) is 0.286. The van der Waals surface area contributed by atoms with Gasteiger partial charge in [0.05, 0.1) is 23.8 Å². The summed E-state index contributed by atoms with van der Waals surface area (Å²) in [5.41, 5.74) is 2.35. The van der Waals surface area contributed by atoms with Crippen LogP contribution >= 0.6 is 0 Å². The Labute approximate surface area is 234 Å². The molecule has 1 aliphatic rings. The maximum Gasteiger partial charge on any atom is 0.253 e. The van der Waals surface area contributed by atoms with Crippen LogP contribution in [0.1, 0.15) is 49.3 Å². The monoisotopic (exact) mass is 556 g/mol. The average Bonchev–Trinajstić information content (AvgIpc) is 3.74.